The van der Waals surface area contributed by atoms with Crippen LogP contribution in [0.25, 0.3) is 0 Å². The first-order chi connectivity index (χ1) is 8.49. The Balaban J connectivity index is 3.65. The summed E-state index contributed by atoms with van der Waals surface area (Å²) < 4.78 is 10.6. The fourth-order valence-electron chi connectivity index (χ4n) is 2.05. The van der Waals surface area contributed by atoms with Crippen molar-refractivity contribution in [1.82, 2.24) is 0 Å². The Morgan fingerprint density at radius 1 is 1.00 bits per heavy atom. The van der Waals surface area contributed by atoms with E-state index in [4.69, 9.17) is 9.47 Å². The van der Waals surface area contributed by atoms with Gasteiger partial charge in [0.2, 0.25) is 0 Å². The molecule has 114 valence electrons. The number of rotatable bonds is 7. The number of esters is 1. The van der Waals surface area contributed by atoms with Gasteiger partial charge in [0, 0.05) is 6.42 Å². The van der Waals surface area contributed by atoms with Crippen molar-refractivity contribution in [1.29, 1.82) is 0 Å². The largest absolute Gasteiger partial charge is 0.463 e. The maximum atomic E-state index is 11.6. The van der Waals surface area contributed by atoms with Crippen molar-refractivity contribution in [2.75, 3.05) is 19.8 Å². The molecule has 0 rings (SSSR count). The van der Waals surface area contributed by atoms with Crippen LogP contribution in [0.5, 0.6) is 0 Å². The number of ether oxygens (including phenoxy) is 2. The highest BCUT2D eigenvalue weighted by Gasteiger charge is 2.18. The summed E-state index contributed by atoms with van der Waals surface area (Å²) in [6, 6.07) is 0. The van der Waals surface area contributed by atoms with E-state index in [1.807, 2.05) is 0 Å². The lowest BCUT2D eigenvalue weighted by Gasteiger charge is -2.22. The van der Waals surface area contributed by atoms with Gasteiger partial charge in [-0.2, -0.15) is 0 Å². The predicted octanol–water partition coefficient (Wildman–Crippen LogP) is 4.05. The summed E-state index contributed by atoms with van der Waals surface area (Å²) in [6.45, 7) is 16.6. The molecule has 0 heterocycles. The molecule has 0 spiro atoms. The van der Waals surface area contributed by atoms with Crippen molar-refractivity contribution >= 4 is 5.97 Å². The SMILES string of the molecule is CC(CC(=O)OCCOCC(C)(C)C)CC(C)(C)C. The van der Waals surface area contributed by atoms with Gasteiger partial charge < -0.3 is 9.47 Å². The van der Waals surface area contributed by atoms with Gasteiger partial charge in [-0.3, -0.25) is 4.79 Å². The first kappa shape index (κ1) is 18.4. The van der Waals surface area contributed by atoms with E-state index in [2.05, 4.69) is 48.5 Å². The van der Waals surface area contributed by atoms with Crippen molar-refractivity contribution in [3.63, 3.8) is 0 Å². The zero-order valence-electron chi connectivity index (χ0n) is 13.8. The van der Waals surface area contributed by atoms with E-state index >= 15 is 0 Å². The third kappa shape index (κ3) is 13.7. The van der Waals surface area contributed by atoms with E-state index in [-0.39, 0.29) is 16.8 Å². The molecule has 0 aromatic heterocycles. The van der Waals surface area contributed by atoms with Gasteiger partial charge in [0.1, 0.15) is 6.61 Å². The van der Waals surface area contributed by atoms with E-state index in [1.165, 1.54) is 0 Å². The zero-order valence-corrected chi connectivity index (χ0v) is 13.8. The van der Waals surface area contributed by atoms with Gasteiger partial charge in [-0.25, -0.2) is 0 Å². The maximum Gasteiger partial charge on any atom is 0.306 e. The van der Waals surface area contributed by atoms with Crippen LogP contribution < -0.4 is 0 Å². The molecule has 1 unspecified atom stereocenters. The van der Waals surface area contributed by atoms with Gasteiger partial charge in [-0.05, 0) is 23.2 Å². The minimum Gasteiger partial charge on any atom is -0.463 e. The molecule has 0 fully saturated rings. The van der Waals surface area contributed by atoms with Gasteiger partial charge in [-0.1, -0.05) is 48.5 Å². The zero-order chi connectivity index (χ0) is 15.1. The van der Waals surface area contributed by atoms with Crippen LogP contribution in [0.1, 0.15) is 61.3 Å². The minimum absolute atomic E-state index is 0.115. The Bertz CT molecular complexity index is 258. The molecular formula is C16H32O3. The van der Waals surface area contributed by atoms with Crippen molar-refractivity contribution in [2.45, 2.75) is 61.3 Å². The van der Waals surface area contributed by atoms with Crippen LogP contribution in [0.2, 0.25) is 0 Å². The Labute approximate surface area is 119 Å². The number of hydrogen-bond donors (Lipinski definition) is 0. The molecule has 0 saturated carbocycles. The Hall–Kier alpha value is -0.570. The van der Waals surface area contributed by atoms with E-state index in [0.717, 1.165) is 6.42 Å². The normalized spacial score (nSPS) is 14.3. The molecule has 0 bridgehead atoms. The molecule has 3 nitrogen and oxygen atoms in total. The van der Waals surface area contributed by atoms with Gasteiger partial charge in [-0.15, -0.1) is 0 Å². The average Bonchev–Trinajstić information content (AvgIpc) is 2.11. The summed E-state index contributed by atoms with van der Waals surface area (Å²) in [6.07, 6.45) is 1.53. The predicted molar refractivity (Wildman–Crippen MR) is 79.1 cm³/mol. The molecule has 0 aliphatic rings. The summed E-state index contributed by atoms with van der Waals surface area (Å²) in [7, 11) is 0. The molecule has 0 N–H and O–H groups in total. The summed E-state index contributed by atoms with van der Waals surface area (Å²) >= 11 is 0. The van der Waals surface area contributed by atoms with Crippen LogP contribution in [0.15, 0.2) is 0 Å². The van der Waals surface area contributed by atoms with Crippen molar-refractivity contribution in [3.8, 4) is 0 Å². The molecule has 3 heteroatoms. The van der Waals surface area contributed by atoms with Gasteiger partial charge in [0.25, 0.3) is 0 Å². The summed E-state index contributed by atoms with van der Waals surface area (Å²) in [5.74, 6) is 0.249. The molecule has 1 atom stereocenters. The number of carbonyl (C=O) groups is 1. The number of carbonyl (C=O) groups excluding carboxylic acids is 1. The number of hydrogen-bond acceptors (Lipinski definition) is 3. The summed E-state index contributed by atoms with van der Waals surface area (Å²) in [5.41, 5.74) is 0.417. The first-order valence-electron chi connectivity index (χ1n) is 7.23. The smallest absolute Gasteiger partial charge is 0.306 e. The van der Waals surface area contributed by atoms with Gasteiger partial charge in [0.15, 0.2) is 0 Å². The second-order valence-corrected chi connectivity index (χ2v) is 7.91. The van der Waals surface area contributed by atoms with Crippen LogP contribution >= 0.6 is 0 Å². The molecule has 0 amide bonds. The lowest BCUT2D eigenvalue weighted by Crippen LogP contribution is -2.19. The lowest BCUT2D eigenvalue weighted by atomic mass is 9.84. The molecule has 0 radical (unpaired) electrons. The van der Waals surface area contributed by atoms with E-state index in [9.17, 15) is 4.79 Å². The van der Waals surface area contributed by atoms with Gasteiger partial charge in [0.05, 0.1) is 13.2 Å². The Kier molecular flexibility index (Phi) is 7.65. The van der Waals surface area contributed by atoms with Crippen LogP contribution in [0, 0.1) is 16.7 Å². The fourth-order valence-corrected chi connectivity index (χ4v) is 2.05. The summed E-state index contributed by atoms with van der Waals surface area (Å²) in [5, 5.41) is 0. The van der Waals surface area contributed by atoms with Crippen LogP contribution in [0.4, 0.5) is 0 Å². The van der Waals surface area contributed by atoms with Crippen molar-refractivity contribution in [2.24, 2.45) is 16.7 Å². The van der Waals surface area contributed by atoms with Crippen LogP contribution in [-0.4, -0.2) is 25.8 Å². The van der Waals surface area contributed by atoms with Crippen molar-refractivity contribution in [3.05, 3.63) is 0 Å². The van der Waals surface area contributed by atoms with Crippen LogP contribution in [0.3, 0.4) is 0 Å². The Morgan fingerprint density at radius 3 is 2.05 bits per heavy atom. The molecule has 0 aliphatic heterocycles. The fraction of sp³-hybridized carbons (Fsp3) is 0.938. The maximum absolute atomic E-state index is 11.6. The van der Waals surface area contributed by atoms with E-state index in [1.54, 1.807) is 0 Å². The standard InChI is InChI=1S/C16H32O3/c1-13(11-15(2,3)4)10-14(17)19-9-8-18-12-16(5,6)7/h13H,8-12H2,1-7H3. The quantitative estimate of drug-likeness (QED) is 0.518. The molecule has 19 heavy (non-hydrogen) atoms. The van der Waals surface area contributed by atoms with Crippen LogP contribution in [-0.2, 0) is 14.3 Å². The average molecular weight is 272 g/mol. The first-order valence-corrected chi connectivity index (χ1v) is 7.23. The topological polar surface area (TPSA) is 35.5 Å². The summed E-state index contributed by atoms with van der Waals surface area (Å²) in [4.78, 5) is 11.6. The van der Waals surface area contributed by atoms with Crippen molar-refractivity contribution < 1.29 is 14.3 Å². The van der Waals surface area contributed by atoms with E-state index in [0.29, 0.717) is 32.2 Å². The second kappa shape index (κ2) is 7.88. The highest BCUT2D eigenvalue weighted by molar-refractivity contribution is 5.69. The monoisotopic (exact) mass is 272 g/mol. The third-order valence-electron chi connectivity index (χ3n) is 2.50. The molecule has 0 aromatic rings. The molecule has 0 saturated heterocycles. The highest BCUT2D eigenvalue weighted by Crippen LogP contribution is 2.26. The molecular weight excluding hydrogens is 240 g/mol. The van der Waals surface area contributed by atoms with Gasteiger partial charge >= 0.3 is 5.97 Å². The third-order valence-corrected chi connectivity index (χ3v) is 2.50. The molecule has 0 aromatic carbocycles. The minimum atomic E-state index is -0.115. The second-order valence-electron chi connectivity index (χ2n) is 7.91. The molecule has 0 aliphatic carbocycles. The lowest BCUT2D eigenvalue weighted by molar-refractivity contribution is -0.146. The van der Waals surface area contributed by atoms with E-state index < -0.39 is 0 Å². The highest BCUT2D eigenvalue weighted by atomic mass is 16.6. The Morgan fingerprint density at radius 2 is 1.58 bits per heavy atom.